The molecule has 0 aliphatic carbocycles. The number of carbonyl (C=O) groups excluding carboxylic acids is 3. The molecule has 3 aromatic rings. The highest BCUT2D eigenvalue weighted by Gasteiger charge is 2.32. The van der Waals surface area contributed by atoms with Gasteiger partial charge in [-0.2, -0.15) is 0 Å². The number of nitrogens with zero attached hydrogens (tertiary/aromatic N) is 1. The molecule has 0 saturated carbocycles. The van der Waals surface area contributed by atoms with Crippen LogP contribution in [0.1, 0.15) is 44.4 Å². The Morgan fingerprint density at radius 3 is 2.19 bits per heavy atom. The number of hydrogen-bond acceptors (Lipinski definition) is 7. The minimum atomic E-state index is -1.50. The molecule has 0 saturated heterocycles. The van der Waals surface area contributed by atoms with E-state index >= 15 is 0 Å². The van der Waals surface area contributed by atoms with E-state index in [9.17, 15) is 29.1 Å². The maximum Gasteiger partial charge on any atom is 0.326 e. The van der Waals surface area contributed by atoms with E-state index in [1.54, 1.807) is 6.20 Å². The number of H-pyrrole nitrogens is 2. The van der Waals surface area contributed by atoms with Gasteiger partial charge in [0.25, 0.3) is 0 Å². The number of para-hydroxylation sites is 1. The van der Waals surface area contributed by atoms with Crippen LogP contribution in [0.2, 0.25) is 0 Å². The van der Waals surface area contributed by atoms with Crippen LogP contribution < -0.4 is 21.7 Å². The van der Waals surface area contributed by atoms with Crippen molar-refractivity contribution in [3.8, 4) is 0 Å². The Hall–Kier alpha value is -4.72. The Kier molecular flexibility index (Phi) is 11.2. The first kappa shape index (κ1) is 31.8. The molecule has 5 unspecified atom stereocenters. The van der Waals surface area contributed by atoms with Crippen LogP contribution >= 0.6 is 0 Å². The summed E-state index contributed by atoms with van der Waals surface area (Å²) in [6, 6.07) is 2.55. The van der Waals surface area contributed by atoms with Crippen LogP contribution in [0.4, 0.5) is 0 Å². The van der Waals surface area contributed by atoms with Gasteiger partial charge in [-0.3, -0.25) is 19.2 Å². The van der Waals surface area contributed by atoms with Gasteiger partial charge in [0, 0.05) is 48.3 Å². The van der Waals surface area contributed by atoms with Crippen molar-refractivity contribution < 1.29 is 34.2 Å². The van der Waals surface area contributed by atoms with Gasteiger partial charge in [0.05, 0.1) is 12.4 Å². The van der Waals surface area contributed by atoms with Gasteiger partial charge in [-0.25, -0.2) is 9.78 Å². The monoisotopic (exact) mass is 583 g/mol. The van der Waals surface area contributed by atoms with Gasteiger partial charge in [-0.05, 0) is 24.0 Å². The summed E-state index contributed by atoms with van der Waals surface area (Å²) in [5.74, 6) is -4.85. The van der Waals surface area contributed by atoms with Crippen LogP contribution in [0, 0.1) is 5.92 Å². The molecular weight excluding hydrogens is 546 g/mol. The highest BCUT2D eigenvalue weighted by atomic mass is 16.4. The molecule has 0 fully saturated rings. The van der Waals surface area contributed by atoms with Gasteiger partial charge >= 0.3 is 11.9 Å². The SMILES string of the molecule is CCC(C)C(N)C(=O)NC(Cc1cnc[nH]1)C(=O)NC(Cc1c[nH]c2ccccc12)C(=O)NC(CCC(=O)O)C(=O)O. The quantitative estimate of drug-likeness (QED) is 0.117. The molecule has 0 aliphatic rings. The molecule has 42 heavy (non-hydrogen) atoms. The van der Waals surface area contributed by atoms with E-state index in [0.717, 1.165) is 10.9 Å². The zero-order chi connectivity index (χ0) is 30.8. The van der Waals surface area contributed by atoms with E-state index in [1.165, 1.54) is 12.5 Å². The standard InChI is InChI=1S/C28H37N7O7/c1-3-15(2)24(29)27(40)35-22(11-17-13-30-14-32-17)26(39)34-21(10-16-12-31-19-7-5-4-6-18(16)19)25(38)33-20(28(41)42)8-9-23(36)37/h4-7,12-15,20-22,24,31H,3,8-11,29H2,1-2H3,(H,30,32)(H,33,38)(H,34,39)(H,35,40)(H,36,37)(H,41,42). The second kappa shape index (κ2) is 14.8. The number of imidazole rings is 1. The van der Waals surface area contributed by atoms with Crippen molar-refractivity contribution >= 4 is 40.6 Å². The predicted molar refractivity (Wildman–Crippen MR) is 152 cm³/mol. The zero-order valence-corrected chi connectivity index (χ0v) is 23.4. The van der Waals surface area contributed by atoms with E-state index in [1.807, 2.05) is 38.1 Å². The average Bonchev–Trinajstić information content (AvgIpc) is 3.63. The predicted octanol–water partition coefficient (Wildman–Crippen LogP) is 0.453. The molecule has 1 aromatic carbocycles. The smallest absolute Gasteiger partial charge is 0.326 e. The van der Waals surface area contributed by atoms with Gasteiger partial charge in [0.2, 0.25) is 17.7 Å². The molecule has 5 atom stereocenters. The van der Waals surface area contributed by atoms with Crippen LogP contribution in [-0.4, -0.2) is 79.0 Å². The molecule has 2 heterocycles. The summed E-state index contributed by atoms with van der Waals surface area (Å²) in [5.41, 5.74) is 8.11. The van der Waals surface area contributed by atoms with E-state index < -0.39 is 60.2 Å². The van der Waals surface area contributed by atoms with E-state index in [2.05, 4.69) is 30.9 Å². The molecule has 3 rings (SSSR count). The van der Waals surface area contributed by atoms with Gasteiger partial charge in [-0.1, -0.05) is 38.5 Å². The fourth-order valence-corrected chi connectivity index (χ4v) is 4.41. The third kappa shape index (κ3) is 8.64. The van der Waals surface area contributed by atoms with Gasteiger partial charge < -0.3 is 41.9 Å². The molecule has 0 radical (unpaired) electrons. The van der Waals surface area contributed by atoms with E-state index in [4.69, 9.17) is 10.8 Å². The Bertz CT molecular complexity index is 1390. The Labute approximate surface area is 241 Å². The van der Waals surface area contributed by atoms with E-state index in [0.29, 0.717) is 17.7 Å². The summed E-state index contributed by atoms with van der Waals surface area (Å²) < 4.78 is 0. The lowest BCUT2D eigenvalue weighted by molar-refractivity contribution is -0.143. The fourth-order valence-electron chi connectivity index (χ4n) is 4.41. The van der Waals surface area contributed by atoms with E-state index in [-0.39, 0.29) is 25.2 Å². The molecule has 0 spiro atoms. The number of nitrogens with one attached hydrogen (secondary N) is 5. The summed E-state index contributed by atoms with van der Waals surface area (Å²) in [6.07, 6.45) is 4.41. The van der Waals surface area contributed by atoms with Gasteiger partial charge in [0.1, 0.15) is 18.1 Å². The number of fused-ring (bicyclic) bond motifs is 1. The second-order valence-corrected chi connectivity index (χ2v) is 10.2. The average molecular weight is 584 g/mol. The minimum Gasteiger partial charge on any atom is -0.481 e. The number of hydrogen-bond donors (Lipinski definition) is 8. The highest BCUT2D eigenvalue weighted by Crippen LogP contribution is 2.19. The van der Waals surface area contributed by atoms with Gasteiger partial charge in [-0.15, -0.1) is 0 Å². The number of nitrogens with two attached hydrogens (primary N) is 1. The maximum atomic E-state index is 13.6. The number of aromatic amines is 2. The third-order valence-corrected chi connectivity index (χ3v) is 7.17. The number of aromatic nitrogens is 3. The molecule has 14 heteroatoms. The Morgan fingerprint density at radius 1 is 0.929 bits per heavy atom. The lowest BCUT2D eigenvalue weighted by Crippen LogP contribution is -2.58. The topological polar surface area (TPSA) is 232 Å². The Morgan fingerprint density at radius 2 is 1.57 bits per heavy atom. The highest BCUT2D eigenvalue weighted by molar-refractivity contribution is 5.95. The minimum absolute atomic E-state index is 0.0165. The molecule has 0 bridgehead atoms. The molecule has 3 amide bonds. The van der Waals surface area contributed by atoms with Crippen molar-refractivity contribution in [3.05, 3.63) is 54.2 Å². The number of amides is 3. The summed E-state index contributed by atoms with van der Waals surface area (Å²) in [4.78, 5) is 72.7. The lowest BCUT2D eigenvalue weighted by Gasteiger charge is -2.26. The number of carbonyl (C=O) groups is 5. The van der Waals surface area contributed by atoms with Crippen molar-refractivity contribution in [1.82, 2.24) is 30.9 Å². The largest absolute Gasteiger partial charge is 0.481 e. The molecule has 0 aliphatic heterocycles. The van der Waals surface area contributed by atoms with Crippen LogP contribution in [-0.2, 0) is 36.8 Å². The van der Waals surface area contributed by atoms with Crippen molar-refractivity contribution in [2.45, 2.75) is 70.1 Å². The van der Waals surface area contributed by atoms with Crippen LogP contribution in [0.3, 0.4) is 0 Å². The molecule has 226 valence electrons. The summed E-state index contributed by atoms with van der Waals surface area (Å²) in [5, 5.41) is 27.1. The lowest BCUT2D eigenvalue weighted by atomic mass is 9.98. The first-order valence-corrected chi connectivity index (χ1v) is 13.6. The van der Waals surface area contributed by atoms with Crippen molar-refractivity contribution in [2.75, 3.05) is 0 Å². The van der Waals surface area contributed by atoms with Crippen molar-refractivity contribution in [2.24, 2.45) is 11.7 Å². The number of aliphatic carboxylic acids is 2. The number of benzene rings is 1. The summed E-state index contributed by atoms with van der Waals surface area (Å²) >= 11 is 0. The Balaban J connectivity index is 1.88. The van der Waals surface area contributed by atoms with Crippen LogP contribution in [0.15, 0.2) is 43.0 Å². The number of carboxylic acids is 2. The number of carboxylic acid groups (broad SMARTS) is 2. The first-order valence-electron chi connectivity index (χ1n) is 13.6. The fraction of sp³-hybridized carbons (Fsp3) is 0.429. The molecule has 2 aromatic heterocycles. The summed E-state index contributed by atoms with van der Waals surface area (Å²) in [7, 11) is 0. The summed E-state index contributed by atoms with van der Waals surface area (Å²) in [6.45, 7) is 3.71. The third-order valence-electron chi connectivity index (χ3n) is 7.17. The second-order valence-electron chi connectivity index (χ2n) is 10.2. The normalized spacial score (nSPS) is 14.7. The van der Waals surface area contributed by atoms with Crippen molar-refractivity contribution in [3.63, 3.8) is 0 Å². The van der Waals surface area contributed by atoms with Crippen molar-refractivity contribution in [1.29, 1.82) is 0 Å². The molecule has 14 nitrogen and oxygen atoms in total. The zero-order valence-electron chi connectivity index (χ0n) is 23.4. The maximum absolute atomic E-state index is 13.6. The molecular formula is C28H37N7O7. The van der Waals surface area contributed by atoms with Crippen LogP contribution in [0.5, 0.6) is 0 Å². The number of rotatable bonds is 16. The van der Waals surface area contributed by atoms with Gasteiger partial charge in [0.15, 0.2) is 0 Å². The van der Waals surface area contributed by atoms with Crippen LogP contribution in [0.25, 0.3) is 10.9 Å². The first-order chi connectivity index (χ1) is 20.0. The molecule has 9 N–H and O–H groups in total.